The van der Waals surface area contributed by atoms with Crippen LogP contribution in [0.2, 0.25) is 0 Å². The maximum Gasteiger partial charge on any atom is 0.165 e. The largest absolute Gasteiger partial charge is 0.490 e. The van der Waals surface area contributed by atoms with Crippen molar-refractivity contribution in [2.75, 3.05) is 6.61 Å². The van der Waals surface area contributed by atoms with Crippen molar-refractivity contribution in [2.45, 2.75) is 19.8 Å². The molecule has 1 heterocycles. The van der Waals surface area contributed by atoms with Gasteiger partial charge in [0, 0.05) is 12.0 Å². The van der Waals surface area contributed by atoms with Crippen LogP contribution in [-0.4, -0.2) is 6.61 Å². The molecule has 0 N–H and O–H groups in total. The van der Waals surface area contributed by atoms with Crippen molar-refractivity contribution >= 4 is 0 Å². The van der Waals surface area contributed by atoms with Gasteiger partial charge in [0.2, 0.25) is 0 Å². The van der Waals surface area contributed by atoms with Gasteiger partial charge in [-0.25, -0.2) is 4.39 Å². The van der Waals surface area contributed by atoms with Gasteiger partial charge in [0.1, 0.15) is 0 Å². The van der Waals surface area contributed by atoms with Crippen LogP contribution in [-0.2, 0) is 12.8 Å². The molecule has 0 aliphatic carbocycles. The topological polar surface area (TPSA) is 9.23 Å². The molecule has 0 fully saturated rings. The Kier molecular flexibility index (Phi) is 1.75. The average molecular weight is 166 g/mol. The van der Waals surface area contributed by atoms with E-state index in [4.69, 9.17) is 4.74 Å². The fourth-order valence-corrected chi connectivity index (χ4v) is 1.53. The Balaban J connectivity index is 2.51. The lowest BCUT2D eigenvalue weighted by molar-refractivity contribution is 0.339. The van der Waals surface area contributed by atoms with Gasteiger partial charge < -0.3 is 4.74 Å². The molecule has 12 heavy (non-hydrogen) atoms. The fraction of sp³-hybridized carbons (Fsp3) is 0.400. The van der Waals surface area contributed by atoms with Gasteiger partial charge in [0.15, 0.2) is 11.6 Å². The molecule has 0 aromatic heterocycles. The van der Waals surface area contributed by atoms with Crippen LogP contribution in [0.3, 0.4) is 0 Å². The smallest absolute Gasteiger partial charge is 0.165 e. The summed E-state index contributed by atoms with van der Waals surface area (Å²) >= 11 is 0. The summed E-state index contributed by atoms with van der Waals surface area (Å²) in [6.45, 7) is 2.65. The molecule has 0 spiro atoms. The molecule has 0 amide bonds. The summed E-state index contributed by atoms with van der Waals surface area (Å²) in [5, 5.41) is 0. The molecule has 0 bridgehead atoms. The Labute approximate surface area is 71.2 Å². The fourth-order valence-electron chi connectivity index (χ4n) is 1.53. The predicted octanol–water partition coefficient (Wildman–Crippen LogP) is 2.32. The molecule has 1 aliphatic rings. The van der Waals surface area contributed by atoms with Crippen molar-refractivity contribution in [3.63, 3.8) is 0 Å². The summed E-state index contributed by atoms with van der Waals surface area (Å²) in [5.74, 6) is 0.258. The number of halogens is 1. The van der Waals surface area contributed by atoms with Crippen molar-refractivity contribution in [2.24, 2.45) is 0 Å². The van der Waals surface area contributed by atoms with E-state index in [9.17, 15) is 4.39 Å². The highest BCUT2D eigenvalue weighted by Crippen LogP contribution is 2.29. The summed E-state index contributed by atoms with van der Waals surface area (Å²) in [6, 6.07) is 3.59. The first-order chi connectivity index (χ1) is 5.81. The minimum atomic E-state index is -0.207. The molecule has 1 aliphatic heterocycles. The molecular weight excluding hydrogens is 155 g/mol. The van der Waals surface area contributed by atoms with Crippen LogP contribution in [0, 0.1) is 5.82 Å². The third kappa shape index (κ3) is 1.07. The van der Waals surface area contributed by atoms with Crippen LogP contribution in [0.1, 0.15) is 18.1 Å². The van der Waals surface area contributed by atoms with E-state index in [1.807, 2.05) is 13.0 Å². The number of benzene rings is 1. The first-order valence-corrected chi connectivity index (χ1v) is 4.25. The molecule has 0 saturated carbocycles. The molecule has 1 nitrogen and oxygen atoms in total. The molecular formula is C10H11FO. The highest BCUT2D eigenvalue weighted by molar-refractivity contribution is 5.41. The normalized spacial score (nSPS) is 14.2. The van der Waals surface area contributed by atoms with E-state index in [0.29, 0.717) is 12.4 Å². The van der Waals surface area contributed by atoms with Gasteiger partial charge in [-0.3, -0.25) is 0 Å². The second-order valence-electron chi connectivity index (χ2n) is 3.02. The van der Waals surface area contributed by atoms with Gasteiger partial charge in [-0.15, -0.1) is 0 Å². The first kappa shape index (κ1) is 7.59. The highest BCUT2D eigenvalue weighted by Gasteiger charge is 2.17. The molecule has 2 heteroatoms. The van der Waals surface area contributed by atoms with Crippen LogP contribution in [0.15, 0.2) is 12.1 Å². The van der Waals surface area contributed by atoms with E-state index in [1.165, 1.54) is 0 Å². The number of hydrogen-bond acceptors (Lipinski definition) is 1. The first-order valence-electron chi connectivity index (χ1n) is 4.25. The van der Waals surface area contributed by atoms with Gasteiger partial charge in [-0.05, 0) is 18.1 Å². The molecule has 1 aromatic rings. The van der Waals surface area contributed by atoms with Crippen molar-refractivity contribution in [1.82, 2.24) is 0 Å². The maximum atomic E-state index is 13.2. The molecule has 2 rings (SSSR count). The second-order valence-corrected chi connectivity index (χ2v) is 3.02. The molecule has 0 saturated heterocycles. The Morgan fingerprint density at radius 3 is 3.08 bits per heavy atom. The number of hydrogen-bond donors (Lipinski definition) is 0. The monoisotopic (exact) mass is 166 g/mol. The summed E-state index contributed by atoms with van der Waals surface area (Å²) in [5.41, 5.74) is 2.07. The quantitative estimate of drug-likeness (QED) is 0.622. The van der Waals surface area contributed by atoms with E-state index >= 15 is 0 Å². The lowest BCUT2D eigenvalue weighted by atomic mass is 10.1. The van der Waals surface area contributed by atoms with E-state index in [-0.39, 0.29) is 5.82 Å². The second kappa shape index (κ2) is 2.77. The highest BCUT2D eigenvalue weighted by atomic mass is 19.1. The summed E-state index contributed by atoms with van der Waals surface area (Å²) < 4.78 is 18.4. The Bertz CT molecular complexity index is 307. The van der Waals surface area contributed by atoms with Crippen LogP contribution in [0.5, 0.6) is 5.75 Å². The molecule has 0 atom stereocenters. The van der Waals surface area contributed by atoms with Crippen molar-refractivity contribution in [3.05, 3.63) is 29.1 Å². The Morgan fingerprint density at radius 2 is 2.33 bits per heavy atom. The minimum absolute atomic E-state index is 0.207. The van der Waals surface area contributed by atoms with Gasteiger partial charge in [0.25, 0.3) is 0 Å². The number of aryl methyl sites for hydroxylation is 1. The van der Waals surface area contributed by atoms with Gasteiger partial charge in [0.05, 0.1) is 6.61 Å². The Morgan fingerprint density at radius 1 is 1.50 bits per heavy atom. The third-order valence-electron chi connectivity index (χ3n) is 2.21. The molecule has 1 aromatic carbocycles. The number of ether oxygens (including phenoxy) is 1. The zero-order chi connectivity index (χ0) is 8.55. The molecule has 0 unspecified atom stereocenters. The van der Waals surface area contributed by atoms with Crippen LogP contribution >= 0.6 is 0 Å². The lowest BCUT2D eigenvalue weighted by Gasteiger charge is -2.02. The average Bonchev–Trinajstić information content (AvgIpc) is 2.52. The summed E-state index contributed by atoms with van der Waals surface area (Å²) in [4.78, 5) is 0. The van der Waals surface area contributed by atoms with Crippen molar-refractivity contribution in [3.8, 4) is 5.75 Å². The zero-order valence-corrected chi connectivity index (χ0v) is 7.06. The predicted molar refractivity (Wildman–Crippen MR) is 45.0 cm³/mol. The third-order valence-corrected chi connectivity index (χ3v) is 2.21. The van der Waals surface area contributed by atoms with Crippen molar-refractivity contribution < 1.29 is 9.13 Å². The lowest BCUT2D eigenvalue weighted by Crippen LogP contribution is -1.89. The standard InChI is InChI=1S/C10H11FO/c1-2-7-5-8-3-4-12-10(8)9(11)6-7/h5-6H,2-4H2,1H3. The maximum absolute atomic E-state index is 13.2. The SMILES string of the molecule is CCc1cc(F)c2c(c1)CCO2. The molecule has 0 radical (unpaired) electrons. The van der Waals surface area contributed by atoms with Crippen molar-refractivity contribution in [1.29, 1.82) is 0 Å². The van der Waals surface area contributed by atoms with Crippen LogP contribution < -0.4 is 4.74 Å². The van der Waals surface area contributed by atoms with Gasteiger partial charge in [-0.2, -0.15) is 0 Å². The van der Waals surface area contributed by atoms with Gasteiger partial charge >= 0.3 is 0 Å². The summed E-state index contributed by atoms with van der Waals surface area (Å²) in [6.07, 6.45) is 1.73. The zero-order valence-electron chi connectivity index (χ0n) is 7.06. The van der Waals surface area contributed by atoms with E-state index in [2.05, 4.69) is 0 Å². The van der Waals surface area contributed by atoms with E-state index in [0.717, 1.165) is 24.0 Å². The van der Waals surface area contributed by atoms with Gasteiger partial charge in [-0.1, -0.05) is 13.0 Å². The summed E-state index contributed by atoms with van der Waals surface area (Å²) in [7, 11) is 0. The minimum Gasteiger partial charge on any atom is -0.490 e. The van der Waals surface area contributed by atoms with Crippen LogP contribution in [0.25, 0.3) is 0 Å². The number of rotatable bonds is 1. The Hall–Kier alpha value is -1.05. The molecule has 64 valence electrons. The van der Waals surface area contributed by atoms with E-state index in [1.54, 1.807) is 6.07 Å². The van der Waals surface area contributed by atoms with Crippen LogP contribution in [0.4, 0.5) is 4.39 Å². The number of fused-ring (bicyclic) bond motifs is 1. The van der Waals surface area contributed by atoms with E-state index < -0.39 is 0 Å².